The first-order valence-corrected chi connectivity index (χ1v) is 13.6. The number of hydrogen-bond acceptors (Lipinski definition) is 8. The Hall–Kier alpha value is -4.09. The Labute approximate surface area is 228 Å². The minimum absolute atomic E-state index is 0.295. The number of pyridine rings is 1. The number of hydrogen-bond donors (Lipinski definition) is 3. The number of carbonyl (C=O) groups excluding carboxylic acids is 2. The first-order valence-electron chi connectivity index (χ1n) is 12.8. The van der Waals surface area contributed by atoms with Gasteiger partial charge in [0, 0.05) is 54.6 Å². The van der Waals surface area contributed by atoms with Crippen LogP contribution in [0.1, 0.15) is 24.2 Å². The maximum Gasteiger partial charge on any atom is 0.290 e. The largest absolute Gasteiger partial charge is 0.361 e. The summed E-state index contributed by atoms with van der Waals surface area (Å²) >= 11 is 0.871. The molecule has 9 nitrogen and oxygen atoms in total. The summed E-state index contributed by atoms with van der Waals surface area (Å²) in [4.78, 5) is 42.5. The number of amides is 2. The molecular weight excluding hydrogens is 517 g/mol. The van der Waals surface area contributed by atoms with Gasteiger partial charge in [-0.15, -0.1) is 0 Å². The Morgan fingerprint density at radius 2 is 1.97 bits per heavy atom. The van der Waals surface area contributed by atoms with Crippen LogP contribution in [0.2, 0.25) is 0 Å². The monoisotopic (exact) mass is 543 g/mol. The van der Waals surface area contributed by atoms with Crippen molar-refractivity contribution < 1.29 is 14.0 Å². The number of rotatable bonds is 7. The summed E-state index contributed by atoms with van der Waals surface area (Å²) in [6.45, 7) is 2.92. The van der Waals surface area contributed by atoms with Crippen molar-refractivity contribution in [3.8, 4) is 11.3 Å². The first kappa shape index (κ1) is 25.2. The number of H-pyrrole nitrogens is 1. The average molecular weight is 544 g/mol. The number of benzene rings is 1. The molecule has 0 saturated carbocycles. The van der Waals surface area contributed by atoms with E-state index < -0.39 is 5.91 Å². The van der Waals surface area contributed by atoms with Gasteiger partial charge in [0.25, 0.3) is 11.1 Å². The number of imide groups is 1. The zero-order valence-corrected chi connectivity index (χ0v) is 21.8. The second kappa shape index (κ2) is 11.0. The number of fused-ring (bicyclic) bond motifs is 1. The minimum Gasteiger partial charge on any atom is -0.361 e. The molecule has 0 bridgehead atoms. The second-order valence-corrected chi connectivity index (χ2v) is 10.7. The van der Waals surface area contributed by atoms with E-state index in [2.05, 4.69) is 30.5 Å². The lowest BCUT2D eigenvalue weighted by Gasteiger charge is -2.32. The van der Waals surface area contributed by atoms with Crippen LogP contribution in [0.5, 0.6) is 0 Å². The van der Waals surface area contributed by atoms with Crippen LogP contribution < -0.4 is 15.5 Å². The van der Waals surface area contributed by atoms with Gasteiger partial charge in [-0.25, -0.2) is 14.4 Å². The number of halogens is 1. The van der Waals surface area contributed by atoms with Crippen LogP contribution in [-0.4, -0.2) is 50.7 Å². The molecular formula is C28H26FN7O2S. The topological polar surface area (TPSA) is 116 Å². The maximum atomic E-state index is 14.4. The molecule has 0 aliphatic carbocycles. The molecule has 3 aromatic heterocycles. The standard InChI is InChI=1S/C28H26FN7O2S/c29-20-12-22(33-24(13-20)18-1-2-23-19(11-18)3-7-31-23)16-30-15-17-5-9-36(10-6-17)27-32-8-4-21(34-27)14-25-26(37)35-28(38)39-25/h1-4,7-8,11-14,17,30-31H,5-6,9-10,15-16H2,(H,35,37,38)/b25-14-. The molecule has 1 aromatic carbocycles. The minimum atomic E-state index is -0.402. The van der Waals surface area contributed by atoms with Crippen molar-refractivity contribution in [3.63, 3.8) is 0 Å². The molecule has 11 heteroatoms. The van der Waals surface area contributed by atoms with E-state index in [1.54, 1.807) is 18.3 Å². The van der Waals surface area contributed by atoms with Crippen molar-refractivity contribution in [1.82, 2.24) is 30.6 Å². The third-order valence-electron chi connectivity index (χ3n) is 6.91. The SMILES string of the molecule is O=C1NC(=O)/C(=C/c2ccnc(N3CCC(CNCc4cc(F)cc(-c5ccc6[nH]ccc6c5)n4)CC3)n2)S1. The van der Waals surface area contributed by atoms with E-state index in [0.29, 0.717) is 40.4 Å². The summed E-state index contributed by atoms with van der Waals surface area (Å²) in [5.41, 5.74) is 3.81. The number of nitrogens with zero attached hydrogens (tertiary/aromatic N) is 4. The lowest BCUT2D eigenvalue weighted by atomic mass is 9.97. The van der Waals surface area contributed by atoms with Gasteiger partial charge in [-0.2, -0.15) is 0 Å². The lowest BCUT2D eigenvalue weighted by molar-refractivity contribution is -0.115. The second-order valence-electron chi connectivity index (χ2n) is 9.64. The van der Waals surface area contributed by atoms with E-state index in [9.17, 15) is 14.0 Å². The van der Waals surface area contributed by atoms with Gasteiger partial charge in [-0.3, -0.25) is 19.9 Å². The van der Waals surface area contributed by atoms with Gasteiger partial charge in [-0.1, -0.05) is 6.07 Å². The fraction of sp³-hybridized carbons (Fsp3) is 0.250. The Morgan fingerprint density at radius 3 is 2.79 bits per heavy atom. The molecule has 4 aromatic rings. The quantitative estimate of drug-likeness (QED) is 0.292. The Balaban J connectivity index is 1.02. The third kappa shape index (κ3) is 5.84. The number of carbonyl (C=O) groups is 2. The fourth-order valence-corrected chi connectivity index (χ4v) is 5.56. The van der Waals surface area contributed by atoms with Crippen LogP contribution in [0.3, 0.4) is 0 Å². The summed E-state index contributed by atoms with van der Waals surface area (Å²) in [5.74, 6) is 0.386. The van der Waals surface area contributed by atoms with Gasteiger partial charge in [0.2, 0.25) is 5.95 Å². The van der Waals surface area contributed by atoms with Crippen LogP contribution in [0.25, 0.3) is 28.2 Å². The zero-order chi connectivity index (χ0) is 26.8. The number of thioether (sulfide) groups is 1. The third-order valence-corrected chi connectivity index (χ3v) is 7.72. The van der Waals surface area contributed by atoms with E-state index >= 15 is 0 Å². The van der Waals surface area contributed by atoms with E-state index in [1.165, 1.54) is 12.1 Å². The van der Waals surface area contributed by atoms with Crippen molar-refractivity contribution in [2.24, 2.45) is 5.92 Å². The van der Waals surface area contributed by atoms with Crippen molar-refractivity contribution in [3.05, 3.63) is 77.0 Å². The van der Waals surface area contributed by atoms with Crippen molar-refractivity contribution >= 4 is 45.8 Å². The highest BCUT2D eigenvalue weighted by Crippen LogP contribution is 2.27. The molecule has 5 heterocycles. The number of aromatic amines is 1. The zero-order valence-electron chi connectivity index (χ0n) is 21.0. The summed E-state index contributed by atoms with van der Waals surface area (Å²) in [6, 6.07) is 12.6. The van der Waals surface area contributed by atoms with Crippen LogP contribution in [0, 0.1) is 11.7 Å². The van der Waals surface area contributed by atoms with Crippen molar-refractivity contribution in [2.75, 3.05) is 24.5 Å². The highest BCUT2D eigenvalue weighted by Gasteiger charge is 2.26. The van der Waals surface area contributed by atoms with Gasteiger partial charge in [0.15, 0.2) is 0 Å². The predicted molar refractivity (Wildman–Crippen MR) is 149 cm³/mol. The molecule has 39 heavy (non-hydrogen) atoms. The van der Waals surface area contributed by atoms with Gasteiger partial charge in [0.05, 0.1) is 22.0 Å². The molecule has 6 rings (SSSR count). The Kier molecular flexibility index (Phi) is 7.08. The predicted octanol–water partition coefficient (Wildman–Crippen LogP) is 4.49. The summed E-state index contributed by atoms with van der Waals surface area (Å²) in [7, 11) is 0. The molecule has 0 spiro atoms. The number of anilines is 1. The summed E-state index contributed by atoms with van der Waals surface area (Å²) in [6.07, 6.45) is 7.09. The van der Waals surface area contributed by atoms with Crippen molar-refractivity contribution in [2.45, 2.75) is 19.4 Å². The van der Waals surface area contributed by atoms with Gasteiger partial charge < -0.3 is 15.2 Å². The van der Waals surface area contributed by atoms with Crippen molar-refractivity contribution in [1.29, 1.82) is 0 Å². The molecule has 0 unspecified atom stereocenters. The molecule has 3 N–H and O–H groups in total. The Bertz CT molecular complexity index is 1580. The number of nitrogens with one attached hydrogen (secondary N) is 3. The molecule has 198 valence electrons. The normalized spacial score (nSPS) is 17.4. The molecule has 0 radical (unpaired) electrons. The smallest absolute Gasteiger partial charge is 0.290 e. The van der Waals surface area contributed by atoms with Crippen LogP contribution in [0.4, 0.5) is 15.1 Å². The van der Waals surface area contributed by atoms with Crippen LogP contribution >= 0.6 is 11.8 Å². The molecule has 2 saturated heterocycles. The molecule has 2 aliphatic rings. The van der Waals surface area contributed by atoms with Gasteiger partial charge in [0.1, 0.15) is 5.82 Å². The average Bonchev–Trinajstić information content (AvgIpc) is 3.53. The summed E-state index contributed by atoms with van der Waals surface area (Å²) < 4.78 is 14.4. The summed E-state index contributed by atoms with van der Waals surface area (Å²) in [5, 5.41) is 6.39. The van der Waals surface area contributed by atoms with Gasteiger partial charge >= 0.3 is 0 Å². The van der Waals surface area contributed by atoms with Gasteiger partial charge in [-0.05, 0) is 73.5 Å². The highest BCUT2D eigenvalue weighted by atomic mass is 32.2. The maximum absolute atomic E-state index is 14.4. The molecule has 2 aliphatic heterocycles. The molecule has 0 atom stereocenters. The first-order chi connectivity index (χ1) is 19.0. The fourth-order valence-electron chi connectivity index (χ4n) is 4.89. The van der Waals surface area contributed by atoms with Crippen LogP contribution in [0.15, 0.2) is 59.8 Å². The molecule has 2 amide bonds. The molecule has 2 fully saturated rings. The van der Waals surface area contributed by atoms with Crippen LogP contribution in [-0.2, 0) is 11.3 Å². The lowest BCUT2D eigenvalue weighted by Crippen LogP contribution is -2.38. The van der Waals surface area contributed by atoms with E-state index in [-0.39, 0.29) is 11.1 Å². The number of piperidine rings is 1. The van der Waals surface area contributed by atoms with E-state index in [1.807, 2.05) is 30.5 Å². The van der Waals surface area contributed by atoms with E-state index in [4.69, 9.17) is 4.98 Å². The highest BCUT2D eigenvalue weighted by molar-refractivity contribution is 8.18. The van der Waals surface area contributed by atoms with E-state index in [0.717, 1.165) is 60.7 Å². The number of aromatic nitrogens is 4. The Morgan fingerprint density at radius 1 is 1.10 bits per heavy atom.